The van der Waals surface area contributed by atoms with Crippen molar-refractivity contribution in [2.24, 2.45) is 0 Å². The van der Waals surface area contributed by atoms with E-state index in [9.17, 15) is 13.2 Å². The number of hydrogen-bond donors (Lipinski definition) is 1. The first kappa shape index (κ1) is 24.9. The second-order valence-electron chi connectivity index (χ2n) is 8.53. The molecule has 0 aromatic heterocycles. The first-order valence-electron chi connectivity index (χ1n) is 11.4. The lowest BCUT2D eigenvalue weighted by Crippen LogP contribution is -2.47. The molecule has 3 rings (SSSR count). The second kappa shape index (κ2) is 10.0. The highest BCUT2D eigenvalue weighted by molar-refractivity contribution is 7.92. The van der Waals surface area contributed by atoms with Crippen LogP contribution in [-0.2, 0) is 14.8 Å². The molecule has 1 aliphatic heterocycles. The topological polar surface area (TPSA) is 84.9 Å². The molecule has 0 bridgehead atoms. The molecule has 0 fully saturated rings. The number of rotatable bonds is 9. The average Bonchev–Trinajstić information content (AvgIpc) is 2.81. The second-order valence-corrected chi connectivity index (χ2v) is 10.5. The van der Waals surface area contributed by atoms with Gasteiger partial charge in [-0.15, -0.1) is 0 Å². The molecule has 8 heteroatoms. The summed E-state index contributed by atoms with van der Waals surface area (Å²) in [7, 11) is -1.85. The van der Waals surface area contributed by atoms with Crippen LogP contribution in [0.3, 0.4) is 0 Å². The maximum atomic E-state index is 13.2. The molecule has 0 saturated carbocycles. The molecule has 0 unspecified atom stereocenters. The Labute approximate surface area is 197 Å². The number of carbonyl (C=O) groups excluding carboxylic acids is 1. The van der Waals surface area contributed by atoms with Crippen molar-refractivity contribution in [3.63, 3.8) is 0 Å². The molecule has 1 heterocycles. The summed E-state index contributed by atoms with van der Waals surface area (Å²) in [6.45, 7) is 6.12. The van der Waals surface area contributed by atoms with Crippen molar-refractivity contribution < 1.29 is 22.7 Å². The van der Waals surface area contributed by atoms with Crippen molar-refractivity contribution in [2.45, 2.75) is 64.2 Å². The molecule has 2 atom stereocenters. The van der Waals surface area contributed by atoms with Crippen LogP contribution in [0.1, 0.15) is 58.1 Å². The average molecular weight is 475 g/mol. The van der Waals surface area contributed by atoms with Crippen LogP contribution in [0, 0.1) is 0 Å². The molecule has 1 N–H and O–H groups in total. The molecule has 1 aliphatic rings. The van der Waals surface area contributed by atoms with Crippen molar-refractivity contribution in [3.8, 4) is 11.5 Å². The Morgan fingerprint density at radius 1 is 1.15 bits per heavy atom. The van der Waals surface area contributed by atoms with Crippen molar-refractivity contribution in [1.29, 1.82) is 0 Å². The molecular formula is C25H34N2O5S. The van der Waals surface area contributed by atoms with E-state index < -0.39 is 16.1 Å². The Balaban J connectivity index is 1.74. The molecule has 7 nitrogen and oxygen atoms in total. The number of nitrogens with one attached hydrogen (secondary N) is 1. The Kier molecular flexibility index (Phi) is 7.57. The van der Waals surface area contributed by atoms with Gasteiger partial charge in [0.15, 0.2) is 6.10 Å². The SMILES string of the molecule is CC[C@H](Oc1ccc(N(C)S(C)(=O)=O)cc1)C(=O)N[C@@H]1CC(CC)(CC)Oc2ccccc21. The van der Waals surface area contributed by atoms with Crippen LogP contribution in [0.15, 0.2) is 48.5 Å². The van der Waals surface area contributed by atoms with Crippen molar-refractivity contribution in [3.05, 3.63) is 54.1 Å². The number of sulfonamides is 1. The Bertz CT molecular complexity index is 1060. The van der Waals surface area contributed by atoms with Gasteiger partial charge >= 0.3 is 0 Å². The van der Waals surface area contributed by atoms with Crippen LogP contribution < -0.4 is 19.1 Å². The normalized spacial score (nSPS) is 17.9. The van der Waals surface area contributed by atoms with Gasteiger partial charge in [-0.05, 0) is 49.6 Å². The van der Waals surface area contributed by atoms with E-state index in [4.69, 9.17) is 9.47 Å². The third-order valence-electron chi connectivity index (χ3n) is 6.44. The summed E-state index contributed by atoms with van der Waals surface area (Å²) in [5.41, 5.74) is 1.19. The van der Waals surface area contributed by atoms with Gasteiger partial charge in [-0.1, -0.05) is 39.0 Å². The summed E-state index contributed by atoms with van der Waals surface area (Å²) >= 11 is 0. The summed E-state index contributed by atoms with van der Waals surface area (Å²) in [6.07, 6.45) is 3.38. The van der Waals surface area contributed by atoms with E-state index >= 15 is 0 Å². The number of hydrogen-bond acceptors (Lipinski definition) is 5. The number of nitrogens with zero attached hydrogens (tertiary/aromatic N) is 1. The summed E-state index contributed by atoms with van der Waals surface area (Å²) in [5, 5.41) is 3.19. The van der Waals surface area contributed by atoms with Gasteiger partial charge in [0.2, 0.25) is 10.0 Å². The van der Waals surface area contributed by atoms with Crippen molar-refractivity contribution in [1.82, 2.24) is 5.32 Å². The van der Waals surface area contributed by atoms with Crippen molar-refractivity contribution >= 4 is 21.6 Å². The lowest BCUT2D eigenvalue weighted by Gasteiger charge is -2.42. The Morgan fingerprint density at radius 2 is 1.79 bits per heavy atom. The monoisotopic (exact) mass is 474 g/mol. The molecule has 180 valence electrons. The number of carbonyl (C=O) groups is 1. The Morgan fingerprint density at radius 3 is 2.36 bits per heavy atom. The fourth-order valence-electron chi connectivity index (χ4n) is 4.11. The molecule has 33 heavy (non-hydrogen) atoms. The van der Waals surface area contributed by atoms with E-state index in [-0.39, 0.29) is 17.6 Å². The quantitative estimate of drug-likeness (QED) is 0.581. The molecule has 0 saturated heterocycles. The minimum atomic E-state index is -3.35. The van der Waals surface area contributed by atoms with Crippen LogP contribution in [0.4, 0.5) is 5.69 Å². The third kappa shape index (κ3) is 5.61. The van der Waals surface area contributed by atoms with E-state index in [0.29, 0.717) is 24.3 Å². The van der Waals surface area contributed by atoms with E-state index in [1.165, 1.54) is 11.4 Å². The highest BCUT2D eigenvalue weighted by atomic mass is 32.2. The minimum Gasteiger partial charge on any atom is -0.487 e. The standard InChI is InChI=1S/C25H34N2O5S/c1-6-22(31-19-15-13-18(14-16-19)27(4)33(5,29)30)24(28)26-21-17-25(7-2,8-3)32-23-12-10-9-11-20(21)23/h9-16,21-22H,6-8,17H2,1-5H3,(H,26,28)/t21-,22+/m1/s1. The van der Waals surface area contributed by atoms with Gasteiger partial charge in [0, 0.05) is 19.0 Å². The van der Waals surface area contributed by atoms with E-state index in [1.807, 2.05) is 31.2 Å². The molecular weight excluding hydrogens is 440 g/mol. The highest BCUT2D eigenvalue weighted by Gasteiger charge is 2.39. The number of para-hydroxylation sites is 1. The first-order valence-corrected chi connectivity index (χ1v) is 13.3. The van der Waals surface area contributed by atoms with E-state index in [2.05, 4.69) is 19.2 Å². The molecule has 0 radical (unpaired) electrons. The lowest BCUT2D eigenvalue weighted by molar-refractivity contribution is -0.129. The predicted octanol–water partition coefficient (Wildman–Crippen LogP) is 4.44. The summed E-state index contributed by atoms with van der Waals surface area (Å²) in [5.74, 6) is 1.14. The maximum absolute atomic E-state index is 13.2. The van der Waals surface area contributed by atoms with Gasteiger partial charge in [0.1, 0.15) is 17.1 Å². The molecule has 0 spiro atoms. The van der Waals surface area contributed by atoms with Gasteiger partial charge in [-0.3, -0.25) is 9.10 Å². The van der Waals surface area contributed by atoms with Gasteiger partial charge in [-0.2, -0.15) is 0 Å². The largest absolute Gasteiger partial charge is 0.487 e. The predicted molar refractivity (Wildman–Crippen MR) is 130 cm³/mol. The zero-order chi connectivity index (χ0) is 24.2. The van der Waals surface area contributed by atoms with Gasteiger partial charge in [0.25, 0.3) is 5.91 Å². The maximum Gasteiger partial charge on any atom is 0.261 e. The number of ether oxygens (including phenoxy) is 2. The number of amides is 1. The molecule has 2 aromatic rings. The third-order valence-corrected chi connectivity index (χ3v) is 7.65. The van der Waals surface area contributed by atoms with E-state index in [0.717, 1.165) is 30.4 Å². The van der Waals surface area contributed by atoms with Gasteiger partial charge in [-0.25, -0.2) is 8.42 Å². The minimum absolute atomic E-state index is 0.161. The van der Waals surface area contributed by atoms with Crippen LogP contribution in [0.2, 0.25) is 0 Å². The smallest absolute Gasteiger partial charge is 0.261 e. The zero-order valence-electron chi connectivity index (χ0n) is 20.0. The summed E-state index contributed by atoms with van der Waals surface area (Å²) in [4.78, 5) is 13.2. The fourth-order valence-corrected chi connectivity index (χ4v) is 4.61. The zero-order valence-corrected chi connectivity index (χ0v) is 20.8. The fraction of sp³-hybridized carbons (Fsp3) is 0.480. The molecule has 2 aromatic carbocycles. The highest BCUT2D eigenvalue weighted by Crippen LogP contribution is 2.42. The van der Waals surface area contributed by atoms with Gasteiger partial charge < -0.3 is 14.8 Å². The number of benzene rings is 2. The van der Waals surface area contributed by atoms with E-state index in [1.54, 1.807) is 24.3 Å². The van der Waals surface area contributed by atoms with Gasteiger partial charge in [0.05, 0.1) is 18.0 Å². The summed E-state index contributed by atoms with van der Waals surface area (Å²) < 4.78 is 37.0. The van der Waals surface area contributed by atoms with Crippen molar-refractivity contribution in [2.75, 3.05) is 17.6 Å². The Hall–Kier alpha value is -2.74. The number of fused-ring (bicyclic) bond motifs is 1. The van der Waals surface area contributed by atoms with Crippen LogP contribution in [0.5, 0.6) is 11.5 Å². The van der Waals surface area contributed by atoms with Crippen LogP contribution in [-0.4, -0.2) is 39.3 Å². The van der Waals surface area contributed by atoms with Crippen LogP contribution >= 0.6 is 0 Å². The summed E-state index contributed by atoms with van der Waals surface area (Å²) in [6, 6.07) is 14.4. The number of anilines is 1. The lowest BCUT2D eigenvalue weighted by atomic mass is 9.83. The van der Waals surface area contributed by atoms with Crippen LogP contribution in [0.25, 0.3) is 0 Å². The molecule has 0 aliphatic carbocycles. The molecule has 1 amide bonds. The first-order chi connectivity index (χ1) is 15.6.